The van der Waals surface area contributed by atoms with Crippen LogP contribution >= 0.6 is 0 Å². The Hall–Kier alpha value is -3.91. The highest BCUT2D eigenvalue weighted by Gasteiger charge is 2.49. The number of aromatic nitrogens is 3. The molecule has 4 aromatic rings. The number of aliphatic hydroxyl groups is 2. The highest BCUT2D eigenvalue weighted by Crippen LogP contribution is 2.46. The molecule has 1 saturated heterocycles. The minimum Gasteiger partial charge on any atom is -0.494 e. The van der Waals surface area contributed by atoms with Crippen LogP contribution in [-0.2, 0) is 28.9 Å². The third-order valence-corrected chi connectivity index (χ3v) is 13.6. The van der Waals surface area contributed by atoms with Crippen LogP contribution in [0.2, 0.25) is 18.6 Å². The summed E-state index contributed by atoms with van der Waals surface area (Å²) in [6, 6.07) is 23.7. The lowest BCUT2D eigenvalue weighted by atomic mass is 9.94. The topological polar surface area (TPSA) is 142 Å². The van der Waals surface area contributed by atoms with Gasteiger partial charge >= 0.3 is 0 Å². The number of fused-ring (bicyclic) bond motifs is 1. The zero-order chi connectivity index (χ0) is 38.2. The molecule has 0 bridgehead atoms. The molecule has 3 aromatic carbocycles. The minimum absolute atomic E-state index is 0.00725. The number of carbonyl (C=O) groups excluding carboxylic acids is 1. The Labute approximate surface area is 320 Å². The molecule has 0 aliphatic carbocycles. The van der Waals surface area contributed by atoms with E-state index in [0.29, 0.717) is 39.0 Å². The number of nitrogens with zero attached hydrogens (tertiary/aromatic N) is 4. The summed E-state index contributed by atoms with van der Waals surface area (Å²) in [5.41, 5.74) is 5.66. The smallest absolute Gasteiger partial charge is 0.249 e. The molecule has 2 aliphatic heterocycles. The van der Waals surface area contributed by atoms with Gasteiger partial charge in [0.25, 0.3) is 0 Å². The monoisotopic (exact) mass is 755 g/mol. The summed E-state index contributed by atoms with van der Waals surface area (Å²) in [6.45, 7) is 10.1. The van der Waals surface area contributed by atoms with Crippen LogP contribution in [0.3, 0.4) is 0 Å². The van der Waals surface area contributed by atoms with Gasteiger partial charge in [-0.1, -0.05) is 54.6 Å². The van der Waals surface area contributed by atoms with Crippen LogP contribution in [0.25, 0.3) is 0 Å². The fourth-order valence-electron chi connectivity index (χ4n) is 8.46. The van der Waals surface area contributed by atoms with Crippen molar-refractivity contribution in [2.45, 2.75) is 102 Å². The highest BCUT2D eigenvalue weighted by atomic mass is 28.4. The third kappa shape index (κ3) is 9.30. The van der Waals surface area contributed by atoms with Crippen LogP contribution in [0, 0.1) is 5.92 Å². The van der Waals surface area contributed by atoms with Crippen molar-refractivity contribution >= 4 is 25.6 Å². The van der Waals surface area contributed by atoms with E-state index in [1.165, 1.54) is 0 Å². The number of anilines is 2. The van der Waals surface area contributed by atoms with E-state index in [2.05, 4.69) is 34.7 Å². The fraction of sp³-hybridized carbons (Fsp3) is 0.500. The van der Waals surface area contributed by atoms with Gasteiger partial charge in [0.2, 0.25) is 5.91 Å². The number of hydrogen-bond donors (Lipinski definition) is 4. The number of benzene rings is 3. The van der Waals surface area contributed by atoms with Gasteiger partial charge in [0.15, 0.2) is 8.32 Å². The van der Waals surface area contributed by atoms with Gasteiger partial charge < -0.3 is 29.8 Å². The molecule has 4 N–H and O–H groups in total. The van der Waals surface area contributed by atoms with Gasteiger partial charge in [0.05, 0.1) is 48.8 Å². The van der Waals surface area contributed by atoms with Crippen molar-refractivity contribution in [3.05, 3.63) is 101 Å². The predicted octanol–water partition coefficient (Wildman–Crippen LogP) is 5.75. The van der Waals surface area contributed by atoms with E-state index in [1.54, 1.807) is 0 Å². The molecular formula is C42H57N5O6Si. The molecule has 1 aromatic heterocycles. The van der Waals surface area contributed by atoms with Crippen LogP contribution in [0.4, 0.5) is 11.4 Å². The zero-order valence-electron chi connectivity index (χ0n) is 32.1. The number of hydrogen-bond acceptors (Lipinski definition) is 9. The number of unbranched alkanes of at least 4 members (excludes halogenated alkanes) is 1. The Bertz CT molecular complexity index is 1820. The highest BCUT2D eigenvalue weighted by molar-refractivity contribution is 6.71. The quantitative estimate of drug-likeness (QED) is 0.0739. The Balaban J connectivity index is 1.14. The van der Waals surface area contributed by atoms with E-state index in [-0.39, 0.29) is 54.7 Å². The molecule has 3 heterocycles. The number of aryl methyl sites for hydroxylation is 2. The van der Waals surface area contributed by atoms with Crippen molar-refractivity contribution in [1.82, 2.24) is 20.3 Å². The summed E-state index contributed by atoms with van der Waals surface area (Å²) in [5.74, 6) is 0.742. The molecule has 290 valence electrons. The summed E-state index contributed by atoms with van der Waals surface area (Å²) in [6.07, 6.45) is 6.10. The van der Waals surface area contributed by atoms with Gasteiger partial charge in [0.1, 0.15) is 5.75 Å². The van der Waals surface area contributed by atoms with Crippen LogP contribution in [0.15, 0.2) is 79.0 Å². The molecule has 6 rings (SSSR count). The first-order valence-electron chi connectivity index (χ1n) is 19.6. The van der Waals surface area contributed by atoms with Crippen LogP contribution < -0.4 is 15.0 Å². The van der Waals surface area contributed by atoms with Gasteiger partial charge in [-0.3, -0.25) is 14.4 Å². The molecule has 54 heavy (non-hydrogen) atoms. The van der Waals surface area contributed by atoms with Crippen molar-refractivity contribution < 1.29 is 29.3 Å². The first-order chi connectivity index (χ1) is 26.1. The van der Waals surface area contributed by atoms with Gasteiger partial charge in [-0.25, -0.2) is 0 Å². The van der Waals surface area contributed by atoms with Gasteiger partial charge in [0, 0.05) is 30.6 Å². The molecular weight excluding hydrogens is 699 g/mol. The van der Waals surface area contributed by atoms with Crippen LogP contribution in [-0.4, -0.2) is 88.8 Å². The lowest BCUT2D eigenvalue weighted by molar-refractivity contribution is -0.120. The van der Waals surface area contributed by atoms with Gasteiger partial charge in [-0.15, -0.1) is 5.10 Å². The molecule has 0 radical (unpaired) electrons. The van der Waals surface area contributed by atoms with E-state index < -0.39 is 8.32 Å². The Morgan fingerprint density at radius 1 is 1.02 bits per heavy atom. The molecule has 6 atom stereocenters. The summed E-state index contributed by atoms with van der Waals surface area (Å²) < 4.78 is 14.4. The molecule has 1 fully saturated rings. The van der Waals surface area contributed by atoms with Crippen LogP contribution in [0.1, 0.15) is 67.8 Å². The maximum Gasteiger partial charge on any atom is 0.249 e. The van der Waals surface area contributed by atoms with E-state index in [9.17, 15) is 19.8 Å². The Morgan fingerprint density at radius 3 is 2.57 bits per heavy atom. The molecule has 2 unspecified atom stereocenters. The standard InChI is InChI=1S/C42H57N5O6Si/c1-5-52-34-17-18-38-32(25-34)26-36(43-21-9-10-23-48)42(50)47(38)33-15-11-12-30(24-33)16-19-39-29(2)41(54(3,4)51)40(53-39)20-22-46-27-37(44-45-46)35(28-49)31-13-7-6-8-14-31/h6-8,11-15,17-18,24-25,27,29,35-36,39-41,43,48-49,51H,5,9-10,16,19-23,26,28H2,1-4H3/t29-,35?,36?,39+,40-,41+/m1/s1. The number of rotatable bonds is 18. The van der Waals surface area contributed by atoms with Crippen molar-refractivity contribution in [2.24, 2.45) is 5.92 Å². The van der Waals surface area contributed by atoms with Crippen molar-refractivity contribution in [2.75, 3.05) is 31.3 Å². The second kappa shape index (κ2) is 18.1. The average Bonchev–Trinajstić information content (AvgIpc) is 3.76. The number of amides is 1. The first kappa shape index (κ1) is 39.8. The summed E-state index contributed by atoms with van der Waals surface area (Å²) >= 11 is 0. The Morgan fingerprint density at radius 2 is 1.83 bits per heavy atom. The first-order valence-corrected chi connectivity index (χ1v) is 22.6. The lowest BCUT2D eigenvalue weighted by Gasteiger charge is -2.35. The van der Waals surface area contributed by atoms with Crippen LogP contribution in [0.5, 0.6) is 5.75 Å². The van der Waals surface area contributed by atoms with Crippen molar-refractivity contribution in [3.8, 4) is 5.75 Å². The molecule has 0 saturated carbocycles. The number of carbonyl (C=O) groups is 1. The summed E-state index contributed by atoms with van der Waals surface area (Å²) in [4.78, 5) is 27.3. The zero-order valence-corrected chi connectivity index (χ0v) is 33.1. The molecule has 0 spiro atoms. The third-order valence-electron chi connectivity index (χ3n) is 11.1. The minimum atomic E-state index is -2.58. The second-order valence-electron chi connectivity index (χ2n) is 15.3. The lowest BCUT2D eigenvalue weighted by Crippen LogP contribution is -2.49. The maximum absolute atomic E-state index is 14.1. The Kier molecular flexibility index (Phi) is 13.4. The molecule has 11 nitrogen and oxygen atoms in total. The molecule has 12 heteroatoms. The predicted molar refractivity (Wildman–Crippen MR) is 213 cm³/mol. The molecule has 2 aliphatic rings. The van der Waals surface area contributed by atoms with E-state index in [1.807, 2.05) is 96.5 Å². The largest absolute Gasteiger partial charge is 0.494 e. The summed E-state index contributed by atoms with van der Waals surface area (Å²) in [7, 11) is -2.58. The summed E-state index contributed by atoms with van der Waals surface area (Å²) in [5, 5.41) is 31.6. The van der Waals surface area contributed by atoms with Gasteiger partial charge in [-0.2, -0.15) is 0 Å². The second-order valence-corrected chi connectivity index (χ2v) is 19.3. The van der Waals surface area contributed by atoms with Gasteiger partial charge in [-0.05, 0) is 118 Å². The SMILES string of the molecule is CCOc1ccc2c(c1)CC(NCCCCO)C(=O)N2c1cccc(CC[C@@H]2O[C@H](CCn3cc(C(CO)c4ccccc4)nn3)[C@@H]([Si](C)(C)O)[C@@H]2C)c1. The molecule has 1 amide bonds. The number of ether oxygens (including phenoxy) is 2. The van der Waals surface area contributed by atoms with E-state index in [0.717, 1.165) is 58.8 Å². The average molecular weight is 756 g/mol. The number of aliphatic hydroxyl groups excluding tert-OH is 2. The fourth-order valence-corrected chi connectivity index (χ4v) is 11.1. The van der Waals surface area contributed by atoms with E-state index in [4.69, 9.17) is 9.47 Å². The number of nitrogens with one attached hydrogen (secondary N) is 1. The normalized spacial score (nSPS) is 22.0. The van der Waals surface area contributed by atoms with E-state index >= 15 is 0 Å². The van der Waals surface area contributed by atoms with Crippen molar-refractivity contribution in [1.29, 1.82) is 0 Å². The maximum atomic E-state index is 14.1. The van der Waals surface area contributed by atoms with Crippen molar-refractivity contribution in [3.63, 3.8) is 0 Å².